The molecule has 0 spiro atoms. The second kappa shape index (κ2) is 7.56. The van der Waals surface area contributed by atoms with Gasteiger partial charge in [0.05, 0.1) is 0 Å². The van der Waals surface area contributed by atoms with Gasteiger partial charge in [-0.15, -0.1) is 0 Å². The van der Waals surface area contributed by atoms with Crippen molar-refractivity contribution in [2.75, 3.05) is 0 Å². The van der Waals surface area contributed by atoms with Gasteiger partial charge in [0.25, 0.3) is 0 Å². The van der Waals surface area contributed by atoms with Gasteiger partial charge in [0.1, 0.15) is 0 Å². The predicted octanol–water partition coefficient (Wildman–Crippen LogP) is 8.35. The van der Waals surface area contributed by atoms with Gasteiger partial charge in [-0.2, -0.15) is 0 Å². The summed E-state index contributed by atoms with van der Waals surface area (Å²) in [4.78, 5) is 0. The average molecular weight is 355 g/mol. The molecule has 0 saturated carbocycles. The van der Waals surface area contributed by atoms with Crippen LogP contribution in [-0.4, -0.2) is 0 Å². The fourth-order valence-corrected chi connectivity index (χ4v) is 4.39. The van der Waals surface area contributed by atoms with E-state index in [4.69, 9.17) is 0 Å². The summed E-state index contributed by atoms with van der Waals surface area (Å²) in [6.45, 7) is 12.7. The molecule has 0 bridgehead atoms. The SMILES string of the molecule is CC.CC.CC1(C)c2ccccc2-c2cccc3cc4ccccc4c1c23. The van der Waals surface area contributed by atoms with E-state index in [0.717, 1.165) is 0 Å². The highest BCUT2D eigenvalue weighted by Gasteiger charge is 2.34. The van der Waals surface area contributed by atoms with Crippen molar-refractivity contribution in [1.29, 1.82) is 0 Å². The molecule has 5 rings (SSSR count). The Morgan fingerprint density at radius 3 is 1.96 bits per heavy atom. The maximum Gasteiger partial charge on any atom is 0.0165 e. The Hall–Kier alpha value is -2.60. The van der Waals surface area contributed by atoms with Crippen molar-refractivity contribution in [1.82, 2.24) is 0 Å². The molecule has 4 aromatic rings. The molecular weight excluding hydrogens is 324 g/mol. The summed E-state index contributed by atoms with van der Waals surface area (Å²) < 4.78 is 0. The standard InChI is InChI=1S/C23H18.2C2H6/c1-23(2)20-13-6-5-11-18(20)19-12-7-9-16-14-15-8-3-4-10-17(15)22(23)21(16)19;2*1-2/h3-14H,1-2H3;2*1-2H3. The molecule has 4 aromatic carbocycles. The van der Waals surface area contributed by atoms with Crippen molar-refractivity contribution < 1.29 is 0 Å². The van der Waals surface area contributed by atoms with Crippen LogP contribution in [0.4, 0.5) is 0 Å². The zero-order valence-corrected chi connectivity index (χ0v) is 17.4. The van der Waals surface area contributed by atoms with Gasteiger partial charge in [-0.1, -0.05) is 108 Å². The molecule has 27 heavy (non-hydrogen) atoms. The van der Waals surface area contributed by atoms with Crippen LogP contribution in [-0.2, 0) is 5.41 Å². The number of hydrogen-bond acceptors (Lipinski definition) is 0. The van der Waals surface area contributed by atoms with Crippen molar-refractivity contribution in [3.8, 4) is 11.1 Å². The number of benzene rings is 4. The van der Waals surface area contributed by atoms with Crippen LogP contribution >= 0.6 is 0 Å². The first-order chi connectivity index (χ1) is 13.2. The first kappa shape index (κ1) is 19.2. The highest BCUT2D eigenvalue weighted by atomic mass is 14.4. The number of rotatable bonds is 0. The van der Waals surface area contributed by atoms with Gasteiger partial charge in [-0.3, -0.25) is 0 Å². The largest absolute Gasteiger partial charge is 0.0683 e. The monoisotopic (exact) mass is 354 g/mol. The lowest BCUT2D eigenvalue weighted by molar-refractivity contribution is 0.651. The Balaban J connectivity index is 0.000000495. The molecule has 0 fully saturated rings. The molecule has 0 radical (unpaired) electrons. The minimum Gasteiger partial charge on any atom is -0.0683 e. The third-order valence-corrected chi connectivity index (χ3v) is 5.40. The highest BCUT2D eigenvalue weighted by molar-refractivity contribution is 6.11. The first-order valence-electron chi connectivity index (χ1n) is 10.2. The minimum absolute atomic E-state index is 0.00403. The van der Waals surface area contributed by atoms with Gasteiger partial charge in [0.15, 0.2) is 0 Å². The van der Waals surface area contributed by atoms with E-state index in [2.05, 4.69) is 86.6 Å². The smallest absolute Gasteiger partial charge is 0.0165 e. The molecule has 1 aliphatic rings. The number of hydrogen-bond donors (Lipinski definition) is 0. The van der Waals surface area contributed by atoms with E-state index in [-0.39, 0.29) is 5.41 Å². The number of fused-ring (bicyclic) bond motifs is 4. The normalized spacial score (nSPS) is 13.1. The van der Waals surface area contributed by atoms with Gasteiger partial charge >= 0.3 is 0 Å². The highest BCUT2D eigenvalue weighted by Crippen LogP contribution is 2.50. The molecule has 138 valence electrons. The molecule has 0 amide bonds. The van der Waals surface area contributed by atoms with Crippen molar-refractivity contribution in [3.05, 3.63) is 83.9 Å². The zero-order valence-electron chi connectivity index (χ0n) is 17.4. The summed E-state index contributed by atoms with van der Waals surface area (Å²) in [5.41, 5.74) is 5.66. The topological polar surface area (TPSA) is 0 Å². The molecule has 0 N–H and O–H groups in total. The van der Waals surface area contributed by atoms with Crippen LogP contribution in [0.25, 0.3) is 32.7 Å². The molecular formula is C27H30. The van der Waals surface area contributed by atoms with Gasteiger partial charge in [0, 0.05) is 5.41 Å². The van der Waals surface area contributed by atoms with E-state index in [0.29, 0.717) is 0 Å². The van der Waals surface area contributed by atoms with Crippen LogP contribution in [0.15, 0.2) is 72.8 Å². The maximum absolute atomic E-state index is 2.36. The fourth-order valence-electron chi connectivity index (χ4n) is 4.39. The molecule has 0 heterocycles. The summed E-state index contributed by atoms with van der Waals surface area (Å²) in [6, 6.07) is 26.7. The van der Waals surface area contributed by atoms with Gasteiger partial charge < -0.3 is 0 Å². The third-order valence-electron chi connectivity index (χ3n) is 5.40. The summed E-state index contributed by atoms with van der Waals surface area (Å²) in [7, 11) is 0. The zero-order chi connectivity index (χ0) is 19.6. The summed E-state index contributed by atoms with van der Waals surface area (Å²) >= 11 is 0. The molecule has 0 heteroatoms. The van der Waals surface area contributed by atoms with Gasteiger partial charge in [-0.25, -0.2) is 0 Å². The Labute approximate surface area is 163 Å². The maximum atomic E-state index is 2.36. The van der Waals surface area contributed by atoms with E-state index in [1.807, 2.05) is 27.7 Å². The molecule has 0 aromatic heterocycles. The van der Waals surface area contributed by atoms with Crippen LogP contribution in [0.1, 0.15) is 52.7 Å². The van der Waals surface area contributed by atoms with Crippen LogP contribution in [0.5, 0.6) is 0 Å². The van der Waals surface area contributed by atoms with Gasteiger partial charge in [0.2, 0.25) is 0 Å². The lowest BCUT2D eigenvalue weighted by atomic mass is 9.67. The summed E-state index contributed by atoms with van der Waals surface area (Å²) in [5.74, 6) is 0. The molecule has 1 aliphatic carbocycles. The van der Waals surface area contributed by atoms with Crippen molar-refractivity contribution in [3.63, 3.8) is 0 Å². The Kier molecular flexibility index (Phi) is 5.37. The lowest BCUT2D eigenvalue weighted by Gasteiger charge is -2.36. The predicted molar refractivity (Wildman–Crippen MR) is 122 cm³/mol. The molecule has 0 nitrogen and oxygen atoms in total. The quantitative estimate of drug-likeness (QED) is 0.278. The first-order valence-corrected chi connectivity index (χ1v) is 10.2. The summed E-state index contributed by atoms with van der Waals surface area (Å²) in [6.07, 6.45) is 0. The van der Waals surface area contributed by atoms with E-state index in [9.17, 15) is 0 Å². The van der Waals surface area contributed by atoms with Gasteiger partial charge in [-0.05, 0) is 49.9 Å². The molecule has 0 saturated heterocycles. The molecule has 0 atom stereocenters. The van der Waals surface area contributed by atoms with E-state index in [1.165, 1.54) is 43.8 Å². The van der Waals surface area contributed by atoms with Crippen LogP contribution in [0.3, 0.4) is 0 Å². The van der Waals surface area contributed by atoms with Crippen molar-refractivity contribution >= 4 is 21.5 Å². The van der Waals surface area contributed by atoms with Crippen LogP contribution < -0.4 is 0 Å². The van der Waals surface area contributed by atoms with Crippen LogP contribution in [0.2, 0.25) is 0 Å². The Morgan fingerprint density at radius 1 is 0.593 bits per heavy atom. The van der Waals surface area contributed by atoms with Crippen molar-refractivity contribution in [2.24, 2.45) is 0 Å². The molecule has 0 aliphatic heterocycles. The van der Waals surface area contributed by atoms with E-state index >= 15 is 0 Å². The lowest BCUT2D eigenvalue weighted by Crippen LogP contribution is -2.24. The Bertz CT molecular complexity index is 1080. The van der Waals surface area contributed by atoms with E-state index < -0.39 is 0 Å². The average Bonchev–Trinajstić information content (AvgIpc) is 2.74. The Morgan fingerprint density at radius 2 is 1.19 bits per heavy atom. The fraction of sp³-hybridized carbons (Fsp3) is 0.259. The molecule has 0 unspecified atom stereocenters. The van der Waals surface area contributed by atoms with Crippen molar-refractivity contribution in [2.45, 2.75) is 47.0 Å². The minimum atomic E-state index is 0.00403. The second-order valence-corrected chi connectivity index (χ2v) is 7.05. The van der Waals surface area contributed by atoms with E-state index in [1.54, 1.807) is 0 Å². The summed E-state index contributed by atoms with van der Waals surface area (Å²) in [5, 5.41) is 5.49. The second-order valence-electron chi connectivity index (χ2n) is 7.05. The van der Waals surface area contributed by atoms with Crippen LogP contribution in [0, 0.1) is 0 Å². The third kappa shape index (κ3) is 2.84.